The van der Waals surface area contributed by atoms with Gasteiger partial charge in [0.1, 0.15) is 33.8 Å². The van der Waals surface area contributed by atoms with Gasteiger partial charge in [0.2, 0.25) is 11.8 Å². The van der Waals surface area contributed by atoms with E-state index in [1.807, 2.05) is 0 Å². The SMILES string of the molecule is N=C[C@H](NC(=O)c1nc(Cl)cc2ccccc12)C(=O)c1ccc(-c2nnc(-c3ccc(C(=O)[C@H](C=N)NC(=O)c4nc(Cl)cc5ccccc45)cc3)o2)cc1. The standard InChI is InChI=1S/C40H26Cl2N8O5/c41-31-17-25-5-1-3-7-27(25)33(47-31)37(53)45-29(19-43)35(51)21-9-13-23(14-10-21)39-49-50-40(55-39)24-15-11-22(12-16-24)36(52)30(20-44)46-38(54)34-28-8-4-2-6-26(28)18-32(42)48-34/h1-20,29-30,43-44H,(H,45,53)(H,46,54)/t29-,30-/m0/s1. The second-order valence-corrected chi connectivity index (χ2v) is 12.8. The fourth-order valence-electron chi connectivity index (χ4n) is 5.83. The van der Waals surface area contributed by atoms with E-state index in [2.05, 4.69) is 30.8 Å². The zero-order chi connectivity index (χ0) is 38.6. The highest BCUT2D eigenvalue weighted by atomic mass is 35.5. The van der Waals surface area contributed by atoms with Crippen LogP contribution in [0.3, 0.4) is 0 Å². The number of nitrogens with one attached hydrogen (secondary N) is 4. The van der Waals surface area contributed by atoms with E-state index in [4.69, 9.17) is 38.4 Å². The monoisotopic (exact) mass is 768 g/mol. The number of amides is 2. The van der Waals surface area contributed by atoms with Gasteiger partial charge in [0, 0.05) is 45.5 Å². The molecule has 0 unspecified atom stereocenters. The maximum atomic E-state index is 13.3. The molecule has 4 aromatic carbocycles. The van der Waals surface area contributed by atoms with Gasteiger partial charge in [-0.2, -0.15) is 0 Å². The van der Waals surface area contributed by atoms with E-state index in [0.29, 0.717) is 32.7 Å². The van der Waals surface area contributed by atoms with E-state index < -0.39 is 35.5 Å². The minimum Gasteiger partial charge on any atom is -0.416 e. The van der Waals surface area contributed by atoms with Crippen molar-refractivity contribution in [3.05, 3.63) is 142 Å². The number of rotatable bonds is 12. The molecule has 0 aliphatic carbocycles. The normalized spacial score (nSPS) is 12.1. The van der Waals surface area contributed by atoms with Crippen LogP contribution in [0.25, 0.3) is 44.5 Å². The summed E-state index contributed by atoms with van der Waals surface area (Å²) >= 11 is 12.2. The van der Waals surface area contributed by atoms with Crippen molar-refractivity contribution in [2.45, 2.75) is 12.1 Å². The summed E-state index contributed by atoms with van der Waals surface area (Å²) in [5, 5.41) is 31.7. The zero-order valence-electron chi connectivity index (χ0n) is 28.3. The molecule has 55 heavy (non-hydrogen) atoms. The molecule has 15 heteroatoms. The number of nitrogens with zero attached hydrogens (tertiary/aromatic N) is 4. The first kappa shape index (κ1) is 36.4. The molecule has 0 aliphatic heterocycles. The molecule has 0 spiro atoms. The molecule has 0 aliphatic rings. The highest BCUT2D eigenvalue weighted by Gasteiger charge is 2.25. The molecular formula is C40H26Cl2N8O5. The molecule has 0 saturated carbocycles. The van der Waals surface area contributed by atoms with Crippen molar-refractivity contribution in [1.29, 1.82) is 10.8 Å². The fraction of sp³-hybridized carbons (Fsp3) is 0.0500. The molecule has 0 bridgehead atoms. The first-order valence-electron chi connectivity index (χ1n) is 16.5. The third-order valence-electron chi connectivity index (χ3n) is 8.58. The van der Waals surface area contributed by atoms with Crippen molar-refractivity contribution in [3.63, 3.8) is 0 Å². The molecule has 270 valence electrons. The lowest BCUT2D eigenvalue weighted by molar-refractivity contribution is 0.0883. The van der Waals surface area contributed by atoms with Crippen molar-refractivity contribution >= 4 is 80.6 Å². The van der Waals surface area contributed by atoms with Crippen molar-refractivity contribution in [3.8, 4) is 22.9 Å². The number of hydrogen-bond donors (Lipinski definition) is 4. The molecule has 3 aromatic heterocycles. The largest absolute Gasteiger partial charge is 0.416 e. The zero-order valence-corrected chi connectivity index (χ0v) is 29.8. The third kappa shape index (κ3) is 7.60. The smallest absolute Gasteiger partial charge is 0.271 e. The topological polar surface area (TPSA) is 205 Å². The number of aromatic nitrogens is 4. The summed E-state index contributed by atoms with van der Waals surface area (Å²) in [4.78, 5) is 61.2. The molecule has 3 heterocycles. The van der Waals surface area contributed by atoms with Crippen molar-refractivity contribution in [1.82, 2.24) is 30.8 Å². The van der Waals surface area contributed by atoms with Crippen LogP contribution in [0.5, 0.6) is 0 Å². The van der Waals surface area contributed by atoms with Crippen molar-refractivity contribution in [2.24, 2.45) is 0 Å². The van der Waals surface area contributed by atoms with Crippen LogP contribution in [0, 0.1) is 10.8 Å². The molecule has 0 saturated heterocycles. The van der Waals surface area contributed by atoms with E-state index in [0.717, 1.165) is 12.4 Å². The van der Waals surface area contributed by atoms with Gasteiger partial charge >= 0.3 is 0 Å². The Labute approximate surface area is 321 Å². The average Bonchev–Trinajstić information content (AvgIpc) is 3.71. The van der Waals surface area contributed by atoms with Crippen LogP contribution in [-0.4, -0.2) is 68.1 Å². The molecule has 0 radical (unpaired) electrons. The molecule has 2 atom stereocenters. The first-order valence-corrected chi connectivity index (χ1v) is 17.3. The lowest BCUT2D eigenvalue weighted by atomic mass is 10.0. The van der Waals surface area contributed by atoms with E-state index >= 15 is 0 Å². The Morgan fingerprint density at radius 3 is 1.35 bits per heavy atom. The van der Waals surface area contributed by atoms with Crippen molar-refractivity contribution < 1.29 is 23.6 Å². The van der Waals surface area contributed by atoms with E-state index in [1.165, 1.54) is 24.3 Å². The molecule has 2 amide bonds. The maximum absolute atomic E-state index is 13.3. The number of halogens is 2. The minimum absolute atomic E-state index is 0.0345. The molecule has 0 fully saturated rings. The molecule has 13 nitrogen and oxygen atoms in total. The molecular weight excluding hydrogens is 743 g/mol. The van der Waals surface area contributed by atoms with Gasteiger partial charge in [0.25, 0.3) is 11.8 Å². The second-order valence-electron chi connectivity index (χ2n) is 12.1. The number of fused-ring (bicyclic) bond motifs is 2. The Hall–Kier alpha value is -6.96. The summed E-state index contributed by atoms with van der Waals surface area (Å²) < 4.78 is 5.87. The van der Waals surface area contributed by atoms with E-state index in [9.17, 15) is 19.2 Å². The number of benzene rings is 4. The van der Waals surface area contributed by atoms with Gasteiger partial charge < -0.3 is 25.9 Å². The van der Waals surface area contributed by atoms with Crippen LogP contribution in [0.15, 0.2) is 114 Å². The van der Waals surface area contributed by atoms with Gasteiger partial charge in [-0.05, 0) is 47.2 Å². The third-order valence-corrected chi connectivity index (χ3v) is 8.96. The summed E-state index contributed by atoms with van der Waals surface area (Å²) in [6.45, 7) is 0. The Morgan fingerprint density at radius 2 is 0.964 bits per heavy atom. The lowest BCUT2D eigenvalue weighted by Gasteiger charge is -2.14. The summed E-state index contributed by atoms with van der Waals surface area (Å²) in [5.74, 6) is -2.07. The van der Waals surface area contributed by atoms with Gasteiger partial charge in [0.15, 0.2) is 11.6 Å². The first-order chi connectivity index (χ1) is 26.6. The maximum Gasteiger partial charge on any atom is 0.271 e. The Kier molecular flexibility index (Phi) is 10.3. The van der Waals surface area contributed by atoms with Gasteiger partial charge in [0.05, 0.1) is 0 Å². The average molecular weight is 770 g/mol. The summed E-state index contributed by atoms with van der Waals surface area (Å²) in [6, 6.07) is 27.3. The number of hydrogen-bond acceptors (Lipinski definition) is 11. The molecule has 7 aromatic rings. The number of Topliss-reactive ketones (excluding diaryl/α,β-unsaturated/α-hetero) is 2. The number of carbonyl (C=O) groups excluding carboxylic acids is 4. The quantitative estimate of drug-likeness (QED) is 0.0569. The predicted molar refractivity (Wildman–Crippen MR) is 207 cm³/mol. The van der Waals surface area contributed by atoms with Crippen LogP contribution in [0.1, 0.15) is 41.7 Å². The molecule has 7 rings (SSSR count). The van der Waals surface area contributed by atoms with Crippen molar-refractivity contribution in [2.75, 3.05) is 0 Å². The highest BCUT2D eigenvalue weighted by molar-refractivity contribution is 6.31. The summed E-state index contributed by atoms with van der Waals surface area (Å²) in [7, 11) is 0. The summed E-state index contributed by atoms with van der Waals surface area (Å²) in [5.41, 5.74) is 1.51. The van der Waals surface area contributed by atoms with Crippen LogP contribution in [0.2, 0.25) is 10.3 Å². The predicted octanol–water partition coefficient (Wildman–Crippen LogP) is 7.07. The van der Waals surface area contributed by atoms with Gasteiger partial charge in [-0.25, -0.2) is 9.97 Å². The number of pyridine rings is 2. The number of ketones is 2. The second kappa shape index (κ2) is 15.6. The molecule has 4 N–H and O–H groups in total. The lowest BCUT2D eigenvalue weighted by Crippen LogP contribution is -2.42. The van der Waals surface area contributed by atoms with E-state index in [1.54, 1.807) is 84.9 Å². The minimum atomic E-state index is -1.27. The Bertz CT molecular complexity index is 2480. The van der Waals surface area contributed by atoms with Gasteiger partial charge in [-0.15, -0.1) is 10.2 Å². The highest BCUT2D eigenvalue weighted by Crippen LogP contribution is 2.26. The van der Waals surface area contributed by atoms with E-state index in [-0.39, 0.29) is 44.6 Å². The van der Waals surface area contributed by atoms with Gasteiger partial charge in [-0.3, -0.25) is 19.2 Å². The fourth-order valence-corrected chi connectivity index (χ4v) is 6.24. The van der Waals surface area contributed by atoms with Crippen LogP contribution >= 0.6 is 23.2 Å². The van der Waals surface area contributed by atoms with Gasteiger partial charge in [-0.1, -0.05) is 96.0 Å². The van der Waals surface area contributed by atoms with Crippen LogP contribution in [0.4, 0.5) is 0 Å². The van der Waals surface area contributed by atoms with Crippen LogP contribution in [-0.2, 0) is 0 Å². The number of carbonyl (C=O) groups is 4. The Balaban J connectivity index is 1.01. The van der Waals surface area contributed by atoms with Crippen LogP contribution < -0.4 is 10.6 Å². The summed E-state index contributed by atoms with van der Waals surface area (Å²) in [6.07, 6.45) is 1.68. The Morgan fingerprint density at radius 1 is 0.582 bits per heavy atom.